The van der Waals surface area contributed by atoms with Gasteiger partial charge in [-0.3, -0.25) is 10.8 Å². The van der Waals surface area contributed by atoms with Crippen molar-refractivity contribution in [3.8, 4) is 0 Å². The van der Waals surface area contributed by atoms with Crippen LogP contribution in [0.1, 0.15) is 26.5 Å². The number of nitrogen functional groups attached to an aromatic ring is 1. The van der Waals surface area contributed by atoms with Gasteiger partial charge in [0.25, 0.3) is 0 Å². The molecule has 1 aromatic carbocycles. The summed E-state index contributed by atoms with van der Waals surface area (Å²) >= 11 is 0. The quantitative estimate of drug-likeness (QED) is 0.605. The standard InChI is InChI=1S/C13H15F2N3/c1-13(2,3)12-6-11(18-16)7-4-8(14)9(15)5-10(7)17-12/h4-6H,16H2,1-3H3,(H,17,18). The lowest BCUT2D eigenvalue weighted by atomic mass is 9.91. The first-order valence-electron chi connectivity index (χ1n) is 5.60. The van der Waals surface area contributed by atoms with Crippen LogP contribution in [0.25, 0.3) is 10.9 Å². The molecule has 0 atom stereocenters. The first kappa shape index (κ1) is 12.7. The fourth-order valence-electron chi connectivity index (χ4n) is 1.72. The van der Waals surface area contributed by atoms with Crippen molar-refractivity contribution >= 4 is 16.6 Å². The molecule has 3 nitrogen and oxygen atoms in total. The van der Waals surface area contributed by atoms with Crippen molar-refractivity contribution in [1.82, 2.24) is 4.98 Å². The van der Waals surface area contributed by atoms with E-state index in [2.05, 4.69) is 10.4 Å². The van der Waals surface area contributed by atoms with Crippen molar-refractivity contribution in [3.63, 3.8) is 0 Å². The number of hydrogen-bond donors (Lipinski definition) is 2. The number of hydrogen-bond acceptors (Lipinski definition) is 3. The lowest BCUT2D eigenvalue weighted by Gasteiger charge is -2.20. The van der Waals surface area contributed by atoms with Crippen LogP contribution in [-0.4, -0.2) is 4.98 Å². The smallest absolute Gasteiger partial charge is 0.161 e. The van der Waals surface area contributed by atoms with E-state index in [4.69, 9.17) is 5.84 Å². The van der Waals surface area contributed by atoms with Crippen molar-refractivity contribution in [2.75, 3.05) is 5.43 Å². The summed E-state index contributed by atoms with van der Waals surface area (Å²) in [7, 11) is 0. The number of hydrazine groups is 1. The van der Waals surface area contributed by atoms with Gasteiger partial charge in [0, 0.05) is 22.6 Å². The Kier molecular flexibility index (Phi) is 2.94. The predicted octanol–water partition coefficient (Wildman–Crippen LogP) is 3.10. The van der Waals surface area contributed by atoms with Gasteiger partial charge in [-0.25, -0.2) is 8.78 Å². The molecule has 0 unspecified atom stereocenters. The second kappa shape index (κ2) is 4.17. The lowest BCUT2D eigenvalue weighted by Crippen LogP contribution is -2.16. The Morgan fingerprint density at radius 2 is 1.72 bits per heavy atom. The molecular formula is C13H15F2N3. The van der Waals surface area contributed by atoms with Crippen molar-refractivity contribution in [2.24, 2.45) is 5.84 Å². The molecule has 0 saturated carbocycles. The molecule has 2 aromatic rings. The molecule has 5 heteroatoms. The maximum absolute atomic E-state index is 13.2. The molecule has 1 heterocycles. The van der Waals surface area contributed by atoms with Crippen LogP contribution in [0, 0.1) is 11.6 Å². The number of nitrogens with zero attached hydrogens (tertiary/aromatic N) is 1. The molecule has 0 bridgehead atoms. The highest BCUT2D eigenvalue weighted by Gasteiger charge is 2.18. The third kappa shape index (κ3) is 2.13. The van der Waals surface area contributed by atoms with Crippen molar-refractivity contribution < 1.29 is 8.78 Å². The summed E-state index contributed by atoms with van der Waals surface area (Å²) < 4.78 is 26.5. The van der Waals surface area contributed by atoms with Crippen LogP contribution in [-0.2, 0) is 5.41 Å². The highest BCUT2D eigenvalue weighted by Crippen LogP contribution is 2.29. The molecule has 0 amide bonds. The highest BCUT2D eigenvalue weighted by atomic mass is 19.2. The van der Waals surface area contributed by atoms with E-state index in [1.54, 1.807) is 6.07 Å². The molecule has 0 radical (unpaired) electrons. The number of nitrogens with one attached hydrogen (secondary N) is 1. The number of benzene rings is 1. The molecule has 1 aromatic heterocycles. The van der Waals surface area contributed by atoms with Gasteiger partial charge < -0.3 is 5.43 Å². The van der Waals surface area contributed by atoms with Gasteiger partial charge in [-0.15, -0.1) is 0 Å². The summed E-state index contributed by atoms with van der Waals surface area (Å²) in [4.78, 5) is 4.35. The molecule has 0 aliphatic heterocycles. The van der Waals surface area contributed by atoms with Crippen LogP contribution in [0.3, 0.4) is 0 Å². The Balaban J connectivity index is 2.80. The largest absolute Gasteiger partial charge is 0.323 e. The highest BCUT2D eigenvalue weighted by molar-refractivity contribution is 5.91. The van der Waals surface area contributed by atoms with E-state index < -0.39 is 11.6 Å². The van der Waals surface area contributed by atoms with E-state index in [0.29, 0.717) is 16.6 Å². The Morgan fingerprint density at radius 3 is 2.28 bits per heavy atom. The van der Waals surface area contributed by atoms with E-state index >= 15 is 0 Å². The zero-order chi connectivity index (χ0) is 13.5. The van der Waals surface area contributed by atoms with Gasteiger partial charge >= 0.3 is 0 Å². The summed E-state index contributed by atoms with van der Waals surface area (Å²) in [5.74, 6) is 3.60. The van der Waals surface area contributed by atoms with Crippen LogP contribution < -0.4 is 11.3 Å². The topological polar surface area (TPSA) is 50.9 Å². The molecule has 2 rings (SSSR count). The molecule has 0 spiro atoms. The lowest BCUT2D eigenvalue weighted by molar-refractivity contribution is 0.510. The van der Waals surface area contributed by atoms with Crippen molar-refractivity contribution in [3.05, 3.63) is 35.5 Å². The first-order valence-corrected chi connectivity index (χ1v) is 5.60. The minimum atomic E-state index is -0.913. The van der Waals surface area contributed by atoms with Crippen LogP contribution >= 0.6 is 0 Å². The van der Waals surface area contributed by atoms with E-state index in [1.807, 2.05) is 20.8 Å². The second-order valence-corrected chi connectivity index (χ2v) is 5.23. The van der Waals surface area contributed by atoms with E-state index in [1.165, 1.54) is 0 Å². The van der Waals surface area contributed by atoms with Gasteiger partial charge in [0.15, 0.2) is 11.6 Å². The molecular weight excluding hydrogens is 236 g/mol. The molecule has 0 fully saturated rings. The van der Waals surface area contributed by atoms with E-state index in [9.17, 15) is 8.78 Å². The number of rotatable bonds is 1. The number of pyridine rings is 1. The fourth-order valence-corrected chi connectivity index (χ4v) is 1.72. The SMILES string of the molecule is CC(C)(C)c1cc(NN)c2cc(F)c(F)cc2n1. The average Bonchev–Trinajstić information content (AvgIpc) is 2.28. The predicted molar refractivity (Wildman–Crippen MR) is 68.2 cm³/mol. The summed E-state index contributed by atoms with van der Waals surface area (Å²) in [6, 6.07) is 3.93. The number of halogens is 2. The maximum atomic E-state index is 13.2. The van der Waals surface area contributed by atoms with Gasteiger partial charge in [-0.1, -0.05) is 20.8 Å². The van der Waals surface area contributed by atoms with Gasteiger partial charge in [0.1, 0.15) is 0 Å². The normalized spacial score (nSPS) is 11.9. The fraction of sp³-hybridized carbons (Fsp3) is 0.308. The number of anilines is 1. The molecule has 0 saturated heterocycles. The van der Waals surface area contributed by atoms with Crippen LogP contribution in [0.4, 0.5) is 14.5 Å². The summed E-state index contributed by atoms with van der Waals surface area (Å²) in [6.07, 6.45) is 0. The summed E-state index contributed by atoms with van der Waals surface area (Å²) in [6.45, 7) is 5.96. The van der Waals surface area contributed by atoms with Gasteiger partial charge in [-0.05, 0) is 12.1 Å². The second-order valence-electron chi connectivity index (χ2n) is 5.23. The van der Waals surface area contributed by atoms with Crippen LogP contribution in [0.5, 0.6) is 0 Å². The van der Waals surface area contributed by atoms with Crippen molar-refractivity contribution in [2.45, 2.75) is 26.2 Å². The third-order valence-corrected chi connectivity index (χ3v) is 2.77. The summed E-state index contributed by atoms with van der Waals surface area (Å²) in [5.41, 5.74) is 3.97. The molecule has 3 N–H and O–H groups in total. The third-order valence-electron chi connectivity index (χ3n) is 2.77. The van der Waals surface area contributed by atoms with Gasteiger partial charge in [0.05, 0.1) is 11.2 Å². The molecule has 18 heavy (non-hydrogen) atoms. The van der Waals surface area contributed by atoms with E-state index in [-0.39, 0.29) is 5.41 Å². The number of fused-ring (bicyclic) bond motifs is 1. The minimum absolute atomic E-state index is 0.204. The van der Waals surface area contributed by atoms with E-state index in [0.717, 1.165) is 17.8 Å². The van der Waals surface area contributed by atoms with Gasteiger partial charge in [-0.2, -0.15) is 0 Å². The zero-order valence-electron chi connectivity index (χ0n) is 10.5. The van der Waals surface area contributed by atoms with Crippen LogP contribution in [0.2, 0.25) is 0 Å². The first-order chi connectivity index (χ1) is 8.32. The monoisotopic (exact) mass is 251 g/mol. The average molecular weight is 251 g/mol. The zero-order valence-corrected chi connectivity index (χ0v) is 10.5. The summed E-state index contributed by atoms with van der Waals surface area (Å²) in [5, 5.41) is 0.462. The molecule has 0 aliphatic rings. The maximum Gasteiger partial charge on any atom is 0.161 e. The number of aromatic nitrogens is 1. The molecule has 0 aliphatic carbocycles. The van der Waals surface area contributed by atoms with Crippen LogP contribution in [0.15, 0.2) is 18.2 Å². The Bertz CT molecular complexity index is 603. The van der Waals surface area contributed by atoms with Crippen molar-refractivity contribution in [1.29, 1.82) is 0 Å². The minimum Gasteiger partial charge on any atom is -0.323 e. The number of nitrogens with two attached hydrogens (primary N) is 1. The Morgan fingerprint density at radius 1 is 1.11 bits per heavy atom. The Labute approximate surface area is 104 Å². The Hall–Kier alpha value is -1.75. The van der Waals surface area contributed by atoms with Gasteiger partial charge in [0.2, 0.25) is 0 Å². The molecule has 96 valence electrons.